The van der Waals surface area contributed by atoms with E-state index in [1.54, 1.807) is 25.1 Å². The van der Waals surface area contributed by atoms with Crippen LogP contribution in [0.2, 0.25) is 5.02 Å². The zero-order valence-electron chi connectivity index (χ0n) is 9.76. The van der Waals surface area contributed by atoms with Gasteiger partial charge in [0.2, 0.25) is 0 Å². The van der Waals surface area contributed by atoms with E-state index < -0.39 is 5.60 Å². The molecule has 2 N–H and O–H groups in total. The van der Waals surface area contributed by atoms with Crippen LogP contribution in [0.5, 0.6) is 0 Å². The van der Waals surface area contributed by atoms with Gasteiger partial charge in [-0.05, 0) is 54.1 Å². The Morgan fingerprint density at radius 3 is 2.82 bits per heavy atom. The minimum absolute atomic E-state index is 0.217. The lowest BCUT2D eigenvalue weighted by Crippen LogP contribution is -2.40. The summed E-state index contributed by atoms with van der Waals surface area (Å²) in [6, 6.07) is 5.15. The first-order valence-electron chi connectivity index (χ1n) is 5.31. The van der Waals surface area contributed by atoms with Crippen molar-refractivity contribution < 1.29 is 9.90 Å². The normalized spacial score (nSPS) is 14.2. The smallest absolute Gasteiger partial charge is 0.252 e. The van der Waals surface area contributed by atoms with Gasteiger partial charge >= 0.3 is 0 Å². The van der Waals surface area contributed by atoms with Gasteiger partial charge in [0.1, 0.15) is 0 Å². The lowest BCUT2D eigenvalue weighted by atomic mass is 10.0. The van der Waals surface area contributed by atoms with Gasteiger partial charge in [-0.3, -0.25) is 4.79 Å². The first kappa shape index (κ1) is 14.7. The highest BCUT2D eigenvalue weighted by Gasteiger charge is 2.19. The van der Waals surface area contributed by atoms with Crippen LogP contribution in [0.3, 0.4) is 0 Å². The van der Waals surface area contributed by atoms with Gasteiger partial charge in [0.15, 0.2) is 0 Å². The number of halogens is 2. The molecule has 0 aliphatic carbocycles. The number of aliphatic hydroxyl groups is 1. The molecule has 17 heavy (non-hydrogen) atoms. The molecular weight excluding hydrogens is 352 g/mol. The first-order chi connectivity index (χ1) is 7.85. The fourth-order valence-corrected chi connectivity index (χ4v) is 1.91. The highest BCUT2D eigenvalue weighted by molar-refractivity contribution is 14.1. The van der Waals surface area contributed by atoms with Crippen LogP contribution in [-0.2, 0) is 0 Å². The topological polar surface area (TPSA) is 49.3 Å². The van der Waals surface area contributed by atoms with Gasteiger partial charge in [0.25, 0.3) is 5.91 Å². The Morgan fingerprint density at radius 1 is 1.59 bits per heavy atom. The molecular formula is C12H15ClINO2. The third-order valence-electron chi connectivity index (χ3n) is 2.56. The minimum Gasteiger partial charge on any atom is -0.388 e. The molecule has 1 rings (SSSR count). The summed E-state index contributed by atoms with van der Waals surface area (Å²) in [6.45, 7) is 3.79. The summed E-state index contributed by atoms with van der Waals surface area (Å²) < 4.78 is 0.834. The molecule has 0 aliphatic rings. The molecule has 0 aliphatic heterocycles. The molecule has 5 heteroatoms. The number of benzene rings is 1. The second-order valence-electron chi connectivity index (χ2n) is 4.16. The Kier molecular flexibility index (Phi) is 5.22. The minimum atomic E-state index is -0.875. The monoisotopic (exact) mass is 367 g/mol. The number of hydrogen-bond donors (Lipinski definition) is 2. The Hall–Kier alpha value is -0.330. The predicted octanol–water partition coefficient (Wildman–Crippen LogP) is 2.84. The molecule has 1 amide bonds. The summed E-state index contributed by atoms with van der Waals surface area (Å²) in [7, 11) is 0. The lowest BCUT2D eigenvalue weighted by molar-refractivity contribution is 0.0518. The lowest BCUT2D eigenvalue weighted by Gasteiger charge is -2.21. The molecule has 0 fully saturated rings. The molecule has 1 atom stereocenters. The third-order valence-corrected chi connectivity index (χ3v) is 3.74. The standard InChI is InChI=1S/C12H15ClINO2/c1-3-12(2,17)7-15-11(16)9-6-8(13)4-5-10(9)14/h4-6,17H,3,7H2,1-2H3,(H,15,16). The number of carbonyl (C=O) groups excluding carboxylic acids is 1. The van der Waals surface area contributed by atoms with Gasteiger partial charge in [0.05, 0.1) is 11.2 Å². The molecule has 1 aromatic carbocycles. The molecule has 0 saturated carbocycles. The van der Waals surface area contributed by atoms with Crippen molar-refractivity contribution >= 4 is 40.1 Å². The molecule has 0 bridgehead atoms. The molecule has 1 aromatic rings. The fraction of sp³-hybridized carbons (Fsp3) is 0.417. The maximum Gasteiger partial charge on any atom is 0.252 e. The average molecular weight is 368 g/mol. The summed E-state index contributed by atoms with van der Waals surface area (Å²) in [6.07, 6.45) is 0.583. The van der Waals surface area contributed by atoms with Crippen molar-refractivity contribution in [2.24, 2.45) is 0 Å². The van der Waals surface area contributed by atoms with Crippen LogP contribution in [-0.4, -0.2) is 23.2 Å². The van der Waals surface area contributed by atoms with E-state index in [0.29, 0.717) is 17.0 Å². The van der Waals surface area contributed by atoms with Gasteiger partial charge in [-0.25, -0.2) is 0 Å². The summed E-state index contributed by atoms with van der Waals surface area (Å²) >= 11 is 7.93. The van der Waals surface area contributed by atoms with Crippen molar-refractivity contribution in [1.29, 1.82) is 0 Å². The number of amides is 1. The van der Waals surface area contributed by atoms with E-state index in [4.69, 9.17) is 11.6 Å². The maximum atomic E-state index is 11.9. The largest absolute Gasteiger partial charge is 0.388 e. The van der Waals surface area contributed by atoms with Crippen molar-refractivity contribution in [2.75, 3.05) is 6.54 Å². The van der Waals surface area contributed by atoms with E-state index in [-0.39, 0.29) is 12.5 Å². The van der Waals surface area contributed by atoms with Crippen LogP contribution in [0.4, 0.5) is 0 Å². The summed E-state index contributed by atoms with van der Waals surface area (Å²) in [5.74, 6) is -0.217. The summed E-state index contributed by atoms with van der Waals surface area (Å²) in [5, 5.41) is 13.0. The van der Waals surface area contributed by atoms with Crippen LogP contribution in [0.1, 0.15) is 30.6 Å². The Labute approximate surface area is 120 Å². The van der Waals surface area contributed by atoms with Crippen molar-refractivity contribution in [3.8, 4) is 0 Å². The van der Waals surface area contributed by atoms with Gasteiger partial charge in [-0.1, -0.05) is 18.5 Å². The summed E-state index contributed by atoms with van der Waals surface area (Å²) in [4.78, 5) is 11.9. The van der Waals surface area contributed by atoms with Crippen molar-refractivity contribution in [3.05, 3.63) is 32.4 Å². The Bertz CT molecular complexity index is 421. The van der Waals surface area contributed by atoms with Crippen LogP contribution < -0.4 is 5.32 Å². The number of rotatable bonds is 4. The first-order valence-corrected chi connectivity index (χ1v) is 6.77. The summed E-state index contributed by atoms with van der Waals surface area (Å²) in [5.41, 5.74) is -0.343. The highest BCUT2D eigenvalue weighted by atomic mass is 127. The quantitative estimate of drug-likeness (QED) is 0.804. The molecule has 0 saturated heterocycles. The van der Waals surface area contributed by atoms with Crippen LogP contribution in [0, 0.1) is 3.57 Å². The van der Waals surface area contributed by atoms with Gasteiger partial charge in [-0.2, -0.15) is 0 Å². The van der Waals surface area contributed by atoms with Gasteiger partial charge in [-0.15, -0.1) is 0 Å². The second-order valence-corrected chi connectivity index (χ2v) is 5.76. The average Bonchev–Trinajstić information content (AvgIpc) is 2.29. The molecule has 0 aromatic heterocycles. The molecule has 1 unspecified atom stereocenters. The molecule has 94 valence electrons. The van der Waals surface area contributed by atoms with E-state index in [9.17, 15) is 9.90 Å². The molecule has 3 nitrogen and oxygen atoms in total. The van der Waals surface area contributed by atoms with Crippen LogP contribution in [0.25, 0.3) is 0 Å². The Balaban J connectivity index is 2.74. The van der Waals surface area contributed by atoms with Crippen LogP contribution >= 0.6 is 34.2 Å². The van der Waals surface area contributed by atoms with Crippen LogP contribution in [0.15, 0.2) is 18.2 Å². The SMILES string of the molecule is CCC(C)(O)CNC(=O)c1cc(Cl)ccc1I. The number of hydrogen-bond acceptors (Lipinski definition) is 2. The molecule has 0 heterocycles. The van der Waals surface area contributed by atoms with E-state index >= 15 is 0 Å². The zero-order chi connectivity index (χ0) is 13.1. The highest BCUT2D eigenvalue weighted by Crippen LogP contribution is 2.18. The van der Waals surface area contributed by atoms with E-state index in [2.05, 4.69) is 27.9 Å². The molecule has 0 spiro atoms. The second kappa shape index (κ2) is 6.02. The predicted molar refractivity (Wildman–Crippen MR) is 77.4 cm³/mol. The van der Waals surface area contributed by atoms with Gasteiger partial charge < -0.3 is 10.4 Å². The fourth-order valence-electron chi connectivity index (χ4n) is 1.16. The third kappa shape index (κ3) is 4.44. The van der Waals surface area contributed by atoms with Crippen molar-refractivity contribution in [1.82, 2.24) is 5.32 Å². The van der Waals surface area contributed by atoms with Gasteiger partial charge in [0, 0.05) is 15.1 Å². The zero-order valence-corrected chi connectivity index (χ0v) is 12.7. The van der Waals surface area contributed by atoms with E-state index in [1.807, 2.05) is 6.92 Å². The molecule has 0 radical (unpaired) electrons. The van der Waals surface area contributed by atoms with Crippen molar-refractivity contribution in [2.45, 2.75) is 25.9 Å². The van der Waals surface area contributed by atoms with E-state index in [0.717, 1.165) is 3.57 Å². The van der Waals surface area contributed by atoms with Crippen molar-refractivity contribution in [3.63, 3.8) is 0 Å². The maximum absolute atomic E-state index is 11.9. The number of carbonyl (C=O) groups is 1. The van der Waals surface area contributed by atoms with E-state index in [1.165, 1.54) is 0 Å². The number of nitrogens with one attached hydrogen (secondary N) is 1. The Morgan fingerprint density at radius 2 is 2.24 bits per heavy atom.